The van der Waals surface area contributed by atoms with Crippen molar-refractivity contribution in [1.82, 2.24) is 10.3 Å². The molecule has 6 heteroatoms. The standard InChI is InChI=1S/C15H21ClN2O2S/c1-3-8-18-15(11-4-5-11,14(19)20-2)10-21-13-7-6-12(16)9-17-13/h6-7,9,11,18H,3-5,8,10H2,1-2H3. The molecule has 1 aliphatic rings. The maximum absolute atomic E-state index is 12.4. The SMILES string of the molecule is CCCNC(CSc1ccc(Cl)cn1)(C(=O)OC)C1CC1. The Labute approximate surface area is 135 Å². The second kappa shape index (κ2) is 7.47. The summed E-state index contributed by atoms with van der Waals surface area (Å²) in [6.45, 7) is 2.90. The average Bonchev–Trinajstić information content (AvgIpc) is 3.34. The highest BCUT2D eigenvalue weighted by Gasteiger charge is 2.51. The van der Waals surface area contributed by atoms with Crippen LogP contribution in [-0.4, -0.2) is 35.9 Å². The van der Waals surface area contributed by atoms with Gasteiger partial charge in [0.15, 0.2) is 0 Å². The smallest absolute Gasteiger partial charge is 0.327 e. The third-order valence-electron chi connectivity index (χ3n) is 3.66. The molecule has 1 fully saturated rings. The Morgan fingerprint density at radius 2 is 2.33 bits per heavy atom. The van der Waals surface area contributed by atoms with Crippen LogP contribution in [0.4, 0.5) is 0 Å². The van der Waals surface area contributed by atoms with Crippen LogP contribution in [-0.2, 0) is 9.53 Å². The molecule has 0 amide bonds. The normalized spacial score (nSPS) is 17.3. The van der Waals surface area contributed by atoms with Crippen molar-refractivity contribution in [3.63, 3.8) is 0 Å². The van der Waals surface area contributed by atoms with Crippen molar-refractivity contribution < 1.29 is 9.53 Å². The summed E-state index contributed by atoms with van der Waals surface area (Å²) in [6, 6.07) is 3.69. The van der Waals surface area contributed by atoms with Gasteiger partial charge in [0.1, 0.15) is 5.54 Å². The molecule has 2 rings (SSSR count). The molecule has 1 saturated carbocycles. The Kier molecular flexibility index (Phi) is 5.90. The van der Waals surface area contributed by atoms with Gasteiger partial charge in [0.2, 0.25) is 0 Å². The summed E-state index contributed by atoms with van der Waals surface area (Å²) >= 11 is 7.41. The van der Waals surface area contributed by atoms with E-state index >= 15 is 0 Å². The minimum absolute atomic E-state index is 0.167. The number of methoxy groups -OCH3 is 1. The molecule has 1 N–H and O–H groups in total. The van der Waals surface area contributed by atoms with Crippen molar-refractivity contribution in [2.75, 3.05) is 19.4 Å². The number of thioether (sulfide) groups is 1. The highest BCUT2D eigenvalue weighted by atomic mass is 35.5. The van der Waals surface area contributed by atoms with E-state index in [2.05, 4.69) is 17.2 Å². The van der Waals surface area contributed by atoms with Gasteiger partial charge in [-0.1, -0.05) is 18.5 Å². The third-order valence-corrected chi connectivity index (χ3v) is 5.02. The number of hydrogen-bond acceptors (Lipinski definition) is 5. The fourth-order valence-electron chi connectivity index (χ4n) is 2.35. The van der Waals surface area contributed by atoms with E-state index < -0.39 is 5.54 Å². The molecule has 1 aromatic rings. The molecular formula is C15H21ClN2O2S. The van der Waals surface area contributed by atoms with E-state index in [1.165, 1.54) is 7.11 Å². The Bertz CT molecular complexity index is 479. The molecular weight excluding hydrogens is 308 g/mol. The molecule has 1 unspecified atom stereocenters. The molecule has 4 nitrogen and oxygen atoms in total. The predicted octanol–water partition coefficient (Wildman–Crippen LogP) is 3.15. The van der Waals surface area contributed by atoms with Gasteiger partial charge in [-0.3, -0.25) is 4.79 Å². The molecule has 1 aromatic heterocycles. The van der Waals surface area contributed by atoms with Gasteiger partial charge in [-0.2, -0.15) is 0 Å². The van der Waals surface area contributed by atoms with Crippen LogP contribution in [0, 0.1) is 5.92 Å². The first-order valence-electron chi connectivity index (χ1n) is 7.20. The molecule has 1 heterocycles. The lowest BCUT2D eigenvalue weighted by Crippen LogP contribution is -2.57. The molecule has 0 aliphatic heterocycles. The molecule has 116 valence electrons. The number of ether oxygens (including phenoxy) is 1. The van der Waals surface area contributed by atoms with E-state index in [4.69, 9.17) is 16.3 Å². The Morgan fingerprint density at radius 3 is 2.86 bits per heavy atom. The van der Waals surface area contributed by atoms with Gasteiger partial charge < -0.3 is 10.1 Å². The molecule has 21 heavy (non-hydrogen) atoms. The zero-order valence-electron chi connectivity index (χ0n) is 12.4. The highest BCUT2D eigenvalue weighted by molar-refractivity contribution is 7.99. The fourth-order valence-corrected chi connectivity index (χ4v) is 3.59. The number of esters is 1. The maximum atomic E-state index is 12.4. The Morgan fingerprint density at radius 1 is 1.57 bits per heavy atom. The zero-order valence-corrected chi connectivity index (χ0v) is 14.0. The van der Waals surface area contributed by atoms with Gasteiger partial charge in [0.05, 0.1) is 17.2 Å². The van der Waals surface area contributed by atoms with Crippen molar-refractivity contribution in [2.45, 2.75) is 36.8 Å². The van der Waals surface area contributed by atoms with Crippen LogP contribution in [0.25, 0.3) is 0 Å². The minimum Gasteiger partial charge on any atom is -0.468 e. The van der Waals surface area contributed by atoms with Crippen LogP contribution < -0.4 is 5.32 Å². The highest BCUT2D eigenvalue weighted by Crippen LogP contribution is 2.43. The van der Waals surface area contributed by atoms with Crippen LogP contribution in [0.15, 0.2) is 23.4 Å². The van der Waals surface area contributed by atoms with Crippen molar-refractivity contribution >= 4 is 29.3 Å². The number of aromatic nitrogens is 1. The molecule has 0 aromatic carbocycles. The molecule has 0 radical (unpaired) electrons. The lowest BCUT2D eigenvalue weighted by atomic mass is 9.95. The largest absolute Gasteiger partial charge is 0.468 e. The van der Waals surface area contributed by atoms with Crippen molar-refractivity contribution in [3.8, 4) is 0 Å². The van der Waals surface area contributed by atoms with E-state index in [0.29, 0.717) is 16.7 Å². The van der Waals surface area contributed by atoms with Crippen LogP contribution >= 0.6 is 23.4 Å². The number of nitrogens with zero attached hydrogens (tertiary/aromatic N) is 1. The lowest BCUT2D eigenvalue weighted by molar-refractivity contribution is -0.148. The fraction of sp³-hybridized carbons (Fsp3) is 0.600. The van der Waals surface area contributed by atoms with Gasteiger partial charge in [0, 0.05) is 11.9 Å². The summed E-state index contributed by atoms with van der Waals surface area (Å²) < 4.78 is 5.07. The first kappa shape index (κ1) is 16.6. The van der Waals surface area contributed by atoms with Gasteiger partial charge in [0.25, 0.3) is 0 Å². The van der Waals surface area contributed by atoms with Crippen LogP contribution in [0.5, 0.6) is 0 Å². The molecule has 0 spiro atoms. The van der Waals surface area contributed by atoms with Gasteiger partial charge in [-0.15, -0.1) is 11.8 Å². The Hall–Kier alpha value is -0.780. The van der Waals surface area contributed by atoms with Crippen molar-refractivity contribution in [3.05, 3.63) is 23.4 Å². The number of halogens is 1. The molecule has 0 saturated heterocycles. The second-order valence-electron chi connectivity index (χ2n) is 5.27. The summed E-state index contributed by atoms with van der Waals surface area (Å²) in [7, 11) is 1.46. The second-order valence-corrected chi connectivity index (χ2v) is 6.70. The summed E-state index contributed by atoms with van der Waals surface area (Å²) in [5.74, 6) is 0.815. The van der Waals surface area contributed by atoms with Crippen LogP contribution in [0.2, 0.25) is 5.02 Å². The summed E-state index contributed by atoms with van der Waals surface area (Å²) in [5, 5.41) is 4.91. The van der Waals surface area contributed by atoms with Crippen LogP contribution in [0.3, 0.4) is 0 Å². The van der Waals surface area contributed by atoms with Crippen LogP contribution in [0.1, 0.15) is 26.2 Å². The topological polar surface area (TPSA) is 51.2 Å². The molecule has 1 aliphatic carbocycles. The lowest BCUT2D eigenvalue weighted by Gasteiger charge is -2.32. The number of nitrogens with one attached hydrogen (secondary N) is 1. The monoisotopic (exact) mass is 328 g/mol. The summed E-state index contributed by atoms with van der Waals surface area (Å²) in [4.78, 5) is 16.6. The van der Waals surface area contributed by atoms with Gasteiger partial charge >= 0.3 is 5.97 Å². The van der Waals surface area contributed by atoms with Crippen molar-refractivity contribution in [1.29, 1.82) is 0 Å². The third kappa shape index (κ3) is 4.11. The number of carbonyl (C=O) groups is 1. The molecule has 0 bridgehead atoms. The zero-order chi connectivity index (χ0) is 15.3. The summed E-state index contributed by atoms with van der Waals surface area (Å²) in [5.41, 5.74) is -0.600. The number of pyridine rings is 1. The van der Waals surface area contributed by atoms with Gasteiger partial charge in [-0.05, 0) is 43.9 Å². The maximum Gasteiger partial charge on any atom is 0.327 e. The first-order chi connectivity index (χ1) is 10.1. The summed E-state index contributed by atoms with van der Waals surface area (Å²) in [6.07, 6.45) is 4.75. The van der Waals surface area contributed by atoms with E-state index in [0.717, 1.165) is 30.8 Å². The van der Waals surface area contributed by atoms with E-state index in [-0.39, 0.29) is 5.97 Å². The minimum atomic E-state index is -0.600. The predicted molar refractivity (Wildman–Crippen MR) is 85.7 cm³/mol. The first-order valence-corrected chi connectivity index (χ1v) is 8.56. The number of rotatable bonds is 8. The molecule has 1 atom stereocenters. The average molecular weight is 329 g/mol. The van der Waals surface area contributed by atoms with E-state index in [1.807, 2.05) is 12.1 Å². The van der Waals surface area contributed by atoms with E-state index in [1.54, 1.807) is 18.0 Å². The number of carbonyl (C=O) groups excluding carboxylic acids is 1. The van der Waals surface area contributed by atoms with E-state index in [9.17, 15) is 4.79 Å². The van der Waals surface area contributed by atoms with Gasteiger partial charge in [-0.25, -0.2) is 4.98 Å². The number of hydrogen-bond donors (Lipinski definition) is 1. The Balaban J connectivity index is 2.10. The van der Waals surface area contributed by atoms with Crippen molar-refractivity contribution in [2.24, 2.45) is 5.92 Å². The quantitative estimate of drug-likeness (QED) is 0.587.